The summed E-state index contributed by atoms with van der Waals surface area (Å²) in [6.07, 6.45) is 11.7. The van der Waals surface area contributed by atoms with Gasteiger partial charge in [0.15, 0.2) is 0 Å². The third kappa shape index (κ3) is 8.84. The summed E-state index contributed by atoms with van der Waals surface area (Å²) in [6, 6.07) is 12.7. The normalized spacial score (nSPS) is 20.9. The van der Waals surface area contributed by atoms with E-state index in [1.165, 1.54) is 51.9 Å². The van der Waals surface area contributed by atoms with Gasteiger partial charge in [0, 0.05) is 65.3 Å². The van der Waals surface area contributed by atoms with E-state index in [1.807, 2.05) is 24.5 Å². The Kier molecular flexibility index (Phi) is 13.2. The summed E-state index contributed by atoms with van der Waals surface area (Å²) < 4.78 is 30.5. The lowest BCUT2D eigenvalue weighted by Gasteiger charge is -2.36. The van der Waals surface area contributed by atoms with E-state index in [2.05, 4.69) is 93.3 Å². The molecule has 0 radical (unpaired) electrons. The molecule has 1 N–H and O–H groups in total. The van der Waals surface area contributed by atoms with Crippen molar-refractivity contribution in [3.63, 3.8) is 0 Å². The van der Waals surface area contributed by atoms with Crippen molar-refractivity contribution in [1.82, 2.24) is 19.6 Å². The summed E-state index contributed by atoms with van der Waals surface area (Å²) in [6.45, 7) is 5.04. The number of nitrogens with zero attached hydrogens (tertiary/aromatic N) is 3. The summed E-state index contributed by atoms with van der Waals surface area (Å²) in [7, 11) is -3.14. The number of aromatic nitrogens is 2. The van der Waals surface area contributed by atoms with E-state index in [4.69, 9.17) is 33.2 Å². The number of benzene rings is 2. The number of fused-ring (bicyclic) bond motifs is 4. The number of piperidine rings is 2. The largest absolute Gasteiger partial charge is 0.317 e. The molecule has 0 spiro atoms. The molecule has 2 aliphatic carbocycles. The fraction of sp³-hybridized carbons (Fsp3) is 0.450. The maximum atomic E-state index is 12.3. The Labute approximate surface area is 357 Å². The number of hydrogen-bond donors (Lipinski definition) is 1. The summed E-state index contributed by atoms with van der Waals surface area (Å²) in [4.78, 5) is 9.73. The molecule has 4 heterocycles. The Balaban J connectivity index is 0.000000167. The highest BCUT2D eigenvalue weighted by Crippen LogP contribution is 2.47. The van der Waals surface area contributed by atoms with E-state index in [0.717, 1.165) is 85.2 Å². The molecule has 53 heavy (non-hydrogen) atoms. The Morgan fingerprint density at radius 1 is 0.679 bits per heavy atom. The van der Waals surface area contributed by atoms with Gasteiger partial charge in [-0.3, -0.25) is 9.97 Å². The Morgan fingerprint density at radius 2 is 1.11 bits per heavy atom. The number of hydrogen-bond acceptors (Lipinski definition) is 5. The van der Waals surface area contributed by atoms with Crippen LogP contribution in [-0.2, 0) is 35.7 Å². The van der Waals surface area contributed by atoms with E-state index in [0.29, 0.717) is 30.8 Å². The molecule has 0 saturated carbocycles. The van der Waals surface area contributed by atoms with Crippen LogP contribution in [0, 0.1) is 11.8 Å². The van der Waals surface area contributed by atoms with Gasteiger partial charge in [-0.1, -0.05) is 55.1 Å². The van der Waals surface area contributed by atoms with Crippen LogP contribution < -0.4 is 5.32 Å². The van der Waals surface area contributed by atoms with Crippen LogP contribution in [0.4, 0.5) is 0 Å². The van der Waals surface area contributed by atoms with Gasteiger partial charge >= 0.3 is 0 Å². The van der Waals surface area contributed by atoms with Crippen molar-refractivity contribution in [3.8, 4) is 0 Å². The van der Waals surface area contributed by atoms with Crippen LogP contribution in [0.5, 0.6) is 0 Å². The van der Waals surface area contributed by atoms with E-state index in [9.17, 15) is 8.42 Å². The molecule has 13 heteroatoms. The monoisotopic (exact) mass is 1030 g/mol. The van der Waals surface area contributed by atoms with Crippen molar-refractivity contribution in [3.05, 3.63) is 121 Å². The van der Waals surface area contributed by atoms with E-state index >= 15 is 0 Å². The van der Waals surface area contributed by atoms with E-state index in [-0.39, 0.29) is 11.7 Å². The van der Waals surface area contributed by atoms with Crippen molar-refractivity contribution in [2.75, 3.05) is 31.9 Å². The summed E-state index contributed by atoms with van der Waals surface area (Å²) in [5, 5.41) is 5.03. The minimum Gasteiger partial charge on any atom is -0.317 e. The van der Waals surface area contributed by atoms with Crippen molar-refractivity contribution in [2.24, 2.45) is 11.8 Å². The standard InChI is InChI=1S/C21H23Br2ClN2O2S.C19H19Br2ClN2/c1-2-29(27,28)26-7-5-13(6-8-26)20-19-14(10-17(24)11-18(19)23)3-4-15-9-16(22)12-25-21(15)20;20-14-7-13-2-1-12-8-15(22)9-16(21)17(12)18(19(13)24-10-14)11-3-5-23-6-4-11/h9-13,20H,2-8H2,1H3;7-11,18,23H,1-6H2. The molecule has 6 nitrogen and oxygen atoms in total. The van der Waals surface area contributed by atoms with Gasteiger partial charge in [-0.15, -0.1) is 0 Å². The minimum atomic E-state index is -3.14. The average molecular weight is 1030 g/mol. The number of sulfonamides is 1. The van der Waals surface area contributed by atoms with Gasteiger partial charge in [-0.05, 0) is 185 Å². The molecule has 2 aliphatic heterocycles. The van der Waals surface area contributed by atoms with Crippen LogP contribution in [0.15, 0.2) is 66.7 Å². The molecule has 2 fully saturated rings. The first-order valence-electron chi connectivity index (χ1n) is 18.4. The lowest BCUT2D eigenvalue weighted by Crippen LogP contribution is -2.40. The predicted octanol–water partition coefficient (Wildman–Crippen LogP) is 11.0. The minimum absolute atomic E-state index is 0.133. The Morgan fingerprint density at radius 3 is 1.57 bits per heavy atom. The second-order valence-electron chi connectivity index (χ2n) is 14.5. The molecule has 2 aromatic carbocycles. The number of rotatable bonds is 4. The van der Waals surface area contributed by atoms with Crippen LogP contribution >= 0.6 is 86.9 Å². The summed E-state index contributed by atoms with van der Waals surface area (Å²) >= 11 is 27.4. The first-order valence-corrected chi connectivity index (χ1v) is 23.9. The van der Waals surface area contributed by atoms with Crippen LogP contribution in [0.1, 0.15) is 89.2 Å². The van der Waals surface area contributed by atoms with E-state index in [1.54, 1.807) is 11.2 Å². The molecular formula is C40H42Br4Cl2N4O2S. The van der Waals surface area contributed by atoms with Gasteiger partial charge in [0.2, 0.25) is 10.0 Å². The highest BCUT2D eigenvalue weighted by Gasteiger charge is 2.38. The average Bonchev–Trinajstić information content (AvgIpc) is 3.40. The molecule has 2 atom stereocenters. The maximum Gasteiger partial charge on any atom is 0.213 e. The molecule has 0 amide bonds. The number of halogens is 6. The number of nitrogens with one attached hydrogen (secondary N) is 1. The third-order valence-electron chi connectivity index (χ3n) is 11.4. The van der Waals surface area contributed by atoms with Crippen molar-refractivity contribution in [1.29, 1.82) is 0 Å². The third-order valence-corrected chi connectivity index (χ3v) is 15.9. The molecule has 2 saturated heterocycles. The van der Waals surface area contributed by atoms with Gasteiger partial charge in [0.25, 0.3) is 0 Å². The molecular weight excluding hydrogens is 991 g/mol. The van der Waals surface area contributed by atoms with Gasteiger partial charge in [-0.2, -0.15) is 0 Å². The lowest BCUT2D eigenvalue weighted by molar-refractivity contribution is 0.255. The molecule has 4 aliphatic rings. The van der Waals surface area contributed by atoms with Crippen LogP contribution in [0.2, 0.25) is 10.0 Å². The zero-order valence-corrected chi connectivity index (χ0v) is 38.1. The first kappa shape index (κ1) is 40.3. The van der Waals surface area contributed by atoms with Crippen molar-refractivity contribution in [2.45, 2.75) is 70.1 Å². The summed E-state index contributed by atoms with van der Waals surface area (Å²) in [5.74, 6) is 1.59. The van der Waals surface area contributed by atoms with Gasteiger partial charge < -0.3 is 5.32 Å². The fourth-order valence-corrected chi connectivity index (χ4v) is 13.0. The zero-order chi connectivity index (χ0) is 37.4. The predicted molar refractivity (Wildman–Crippen MR) is 230 cm³/mol. The topological polar surface area (TPSA) is 75.2 Å². The quantitative estimate of drug-likeness (QED) is 0.220. The van der Waals surface area contributed by atoms with Crippen LogP contribution in [0.25, 0.3) is 0 Å². The SMILES string of the molecule is CCS(=O)(=O)N1CCC(C2c3ncc(Br)cc3CCc3cc(Cl)cc(Br)c32)CC1.Clc1cc(Br)c2c(c1)CCc1cc(Br)cnc1C2C1CCNCC1. The van der Waals surface area contributed by atoms with Crippen LogP contribution in [-0.4, -0.2) is 54.6 Å². The summed E-state index contributed by atoms with van der Waals surface area (Å²) in [5.41, 5.74) is 10.3. The second kappa shape index (κ2) is 17.3. The zero-order valence-electron chi connectivity index (χ0n) is 29.5. The second-order valence-corrected chi connectivity index (χ2v) is 21.2. The van der Waals surface area contributed by atoms with Gasteiger partial charge in [0.05, 0.1) is 17.1 Å². The molecule has 2 aromatic heterocycles. The van der Waals surface area contributed by atoms with E-state index < -0.39 is 10.0 Å². The van der Waals surface area contributed by atoms with Crippen molar-refractivity contribution >= 4 is 96.9 Å². The smallest absolute Gasteiger partial charge is 0.213 e. The van der Waals surface area contributed by atoms with Gasteiger partial charge in [0.1, 0.15) is 0 Å². The molecule has 4 aromatic rings. The highest BCUT2D eigenvalue weighted by atomic mass is 79.9. The number of aryl methyl sites for hydroxylation is 4. The number of pyridine rings is 2. The van der Waals surface area contributed by atoms with Crippen LogP contribution in [0.3, 0.4) is 0 Å². The maximum absolute atomic E-state index is 12.3. The highest BCUT2D eigenvalue weighted by molar-refractivity contribution is 9.11. The lowest BCUT2D eigenvalue weighted by atomic mass is 9.77. The molecule has 0 bridgehead atoms. The van der Waals surface area contributed by atoms with Crippen molar-refractivity contribution < 1.29 is 8.42 Å². The molecule has 8 rings (SSSR count). The first-order chi connectivity index (χ1) is 25.4. The Bertz CT molecular complexity index is 2110. The Hall–Kier alpha value is -0.890. The molecule has 282 valence electrons. The fourth-order valence-electron chi connectivity index (χ4n) is 8.91. The van der Waals surface area contributed by atoms with Gasteiger partial charge in [-0.25, -0.2) is 12.7 Å². The molecule has 2 unspecified atom stereocenters.